The molecule has 1 saturated heterocycles. The summed E-state index contributed by atoms with van der Waals surface area (Å²) in [5.41, 5.74) is 1.64. The van der Waals surface area contributed by atoms with Crippen LogP contribution in [-0.2, 0) is 5.75 Å². The first-order valence-corrected chi connectivity index (χ1v) is 10.5. The number of hydrogen-bond donors (Lipinski definition) is 1. The molecule has 154 valence electrons. The summed E-state index contributed by atoms with van der Waals surface area (Å²) in [5.74, 6) is 1.22. The molecule has 1 aliphatic heterocycles. The number of carbonyl (C=O) groups is 1. The van der Waals surface area contributed by atoms with Crippen molar-refractivity contribution in [1.29, 1.82) is 0 Å². The number of fused-ring (bicyclic) bond motifs is 1. The Kier molecular flexibility index (Phi) is 7.22. The fourth-order valence-corrected chi connectivity index (χ4v) is 4.64. The molecular formula is C22H24ClFN2O2S. The van der Waals surface area contributed by atoms with Gasteiger partial charge in [0.15, 0.2) is 5.76 Å². The van der Waals surface area contributed by atoms with Crippen LogP contribution in [-0.4, -0.2) is 37.5 Å². The molecule has 0 bridgehead atoms. The number of thioether (sulfide) groups is 1. The summed E-state index contributed by atoms with van der Waals surface area (Å²) in [6, 6.07) is 14.2. The maximum atomic E-state index is 13.2. The topological polar surface area (TPSA) is 45.5 Å². The van der Waals surface area contributed by atoms with Crippen LogP contribution in [0.1, 0.15) is 22.5 Å². The van der Waals surface area contributed by atoms with E-state index in [1.165, 1.54) is 12.1 Å². The van der Waals surface area contributed by atoms with Gasteiger partial charge in [0.2, 0.25) is 0 Å². The van der Waals surface area contributed by atoms with Crippen molar-refractivity contribution in [1.82, 2.24) is 10.2 Å². The Labute approximate surface area is 180 Å². The highest BCUT2D eigenvalue weighted by molar-refractivity contribution is 7.98. The molecule has 4 rings (SSSR count). The van der Waals surface area contributed by atoms with Crippen LogP contribution in [0.4, 0.5) is 4.39 Å². The molecule has 1 amide bonds. The van der Waals surface area contributed by atoms with E-state index in [2.05, 4.69) is 5.32 Å². The summed E-state index contributed by atoms with van der Waals surface area (Å²) >= 11 is 1.58. The third kappa shape index (κ3) is 4.77. The van der Waals surface area contributed by atoms with Crippen molar-refractivity contribution in [3.63, 3.8) is 0 Å². The van der Waals surface area contributed by atoms with E-state index in [1.807, 2.05) is 36.2 Å². The fraction of sp³-hybridized carbons (Fsp3) is 0.318. The van der Waals surface area contributed by atoms with Crippen LogP contribution in [0.5, 0.6) is 0 Å². The van der Waals surface area contributed by atoms with E-state index in [-0.39, 0.29) is 24.1 Å². The number of rotatable bonds is 6. The number of nitrogens with zero attached hydrogens (tertiary/aromatic N) is 1. The Morgan fingerprint density at radius 3 is 2.76 bits per heavy atom. The monoisotopic (exact) mass is 434 g/mol. The molecule has 1 aromatic heterocycles. The molecule has 0 aliphatic carbocycles. The van der Waals surface area contributed by atoms with E-state index in [1.54, 1.807) is 23.9 Å². The summed E-state index contributed by atoms with van der Waals surface area (Å²) in [5, 5.41) is 4.16. The number of benzene rings is 2. The van der Waals surface area contributed by atoms with Crippen molar-refractivity contribution in [2.24, 2.45) is 5.92 Å². The predicted molar refractivity (Wildman–Crippen MR) is 117 cm³/mol. The standard InChI is InChI=1S/C22H23FN2O2S.ClH/c1-24-12-15-10-11-25(13-15)22(26)21-19(18-4-2-3-5-20(18)27-21)14-28-17-8-6-16(23)7-9-17;/h2-9,15,24H,10-14H2,1H3;1H. The molecule has 2 aromatic carbocycles. The van der Waals surface area contributed by atoms with Gasteiger partial charge in [0.25, 0.3) is 5.91 Å². The first-order valence-electron chi connectivity index (χ1n) is 9.48. The van der Waals surface area contributed by atoms with Gasteiger partial charge in [-0.3, -0.25) is 4.79 Å². The van der Waals surface area contributed by atoms with E-state index >= 15 is 0 Å². The van der Waals surface area contributed by atoms with E-state index in [4.69, 9.17) is 4.42 Å². The number of hydrogen-bond acceptors (Lipinski definition) is 4. The predicted octanol–water partition coefficient (Wildman–Crippen LogP) is 4.97. The van der Waals surface area contributed by atoms with Gasteiger partial charge in [0.1, 0.15) is 11.4 Å². The van der Waals surface area contributed by atoms with Gasteiger partial charge in [-0.1, -0.05) is 18.2 Å². The van der Waals surface area contributed by atoms with Crippen molar-refractivity contribution in [2.75, 3.05) is 26.7 Å². The third-order valence-corrected chi connectivity index (χ3v) is 6.19. The molecule has 1 unspecified atom stereocenters. The number of furan rings is 1. The van der Waals surface area contributed by atoms with Crippen LogP contribution in [0.25, 0.3) is 11.0 Å². The smallest absolute Gasteiger partial charge is 0.289 e. The van der Waals surface area contributed by atoms with E-state index in [0.29, 0.717) is 17.4 Å². The molecule has 3 aromatic rings. The Hall–Kier alpha value is -2.02. The first-order chi connectivity index (χ1) is 13.7. The van der Waals surface area contributed by atoms with Crippen LogP contribution < -0.4 is 5.32 Å². The fourth-order valence-electron chi connectivity index (χ4n) is 3.72. The lowest BCUT2D eigenvalue weighted by atomic mass is 10.1. The number of halogens is 2. The zero-order valence-electron chi connectivity index (χ0n) is 16.2. The maximum Gasteiger partial charge on any atom is 0.289 e. The molecule has 1 atom stereocenters. The van der Waals surface area contributed by atoms with Crippen molar-refractivity contribution in [3.05, 3.63) is 65.7 Å². The average molecular weight is 435 g/mol. The Morgan fingerprint density at radius 1 is 1.24 bits per heavy atom. The number of amides is 1. The lowest BCUT2D eigenvalue weighted by Crippen LogP contribution is -2.30. The van der Waals surface area contributed by atoms with Crippen molar-refractivity contribution >= 4 is 41.0 Å². The lowest BCUT2D eigenvalue weighted by Gasteiger charge is -2.16. The zero-order chi connectivity index (χ0) is 19.5. The summed E-state index contributed by atoms with van der Waals surface area (Å²) in [6.07, 6.45) is 1.01. The van der Waals surface area contributed by atoms with E-state index in [0.717, 1.165) is 47.5 Å². The van der Waals surface area contributed by atoms with Gasteiger partial charge in [0.05, 0.1) is 0 Å². The van der Waals surface area contributed by atoms with Crippen LogP contribution in [0.2, 0.25) is 0 Å². The van der Waals surface area contributed by atoms with Crippen molar-refractivity contribution in [3.8, 4) is 0 Å². The van der Waals surface area contributed by atoms with Crippen molar-refractivity contribution in [2.45, 2.75) is 17.1 Å². The van der Waals surface area contributed by atoms with Crippen LogP contribution in [0, 0.1) is 11.7 Å². The molecular weight excluding hydrogens is 411 g/mol. The molecule has 0 radical (unpaired) electrons. The van der Waals surface area contributed by atoms with Gasteiger partial charge in [0, 0.05) is 34.7 Å². The van der Waals surface area contributed by atoms with Gasteiger partial charge in [-0.15, -0.1) is 24.2 Å². The van der Waals surface area contributed by atoms with E-state index < -0.39 is 0 Å². The Morgan fingerprint density at radius 2 is 2.00 bits per heavy atom. The second kappa shape index (κ2) is 9.65. The molecule has 4 nitrogen and oxygen atoms in total. The average Bonchev–Trinajstić information content (AvgIpc) is 3.32. The SMILES string of the molecule is CNCC1CCN(C(=O)c2oc3ccccc3c2CSc2ccc(F)cc2)C1.Cl. The van der Waals surface area contributed by atoms with Gasteiger partial charge in [-0.05, 0) is 56.3 Å². The van der Waals surface area contributed by atoms with Crippen molar-refractivity contribution < 1.29 is 13.6 Å². The second-order valence-corrected chi connectivity index (χ2v) is 8.16. The summed E-state index contributed by atoms with van der Waals surface area (Å²) < 4.78 is 19.2. The second-order valence-electron chi connectivity index (χ2n) is 7.11. The normalized spacial score (nSPS) is 16.2. The minimum absolute atomic E-state index is 0. The molecule has 7 heteroatoms. The summed E-state index contributed by atoms with van der Waals surface area (Å²) in [7, 11) is 1.94. The number of nitrogens with one attached hydrogen (secondary N) is 1. The third-order valence-electron chi connectivity index (χ3n) is 5.16. The molecule has 2 heterocycles. The van der Waals surface area contributed by atoms with Crippen LogP contribution in [0.15, 0.2) is 57.8 Å². The van der Waals surface area contributed by atoms with Gasteiger partial charge in [-0.2, -0.15) is 0 Å². The lowest BCUT2D eigenvalue weighted by molar-refractivity contribution is 0.0757. The first kappa shape index (κ1) is 21.7. The Balaban J connectivity index is 0.00000240. The van der Waals surface area contributed by atoms with Gasteiger partial charge in [-0.25, -0.2) is 4.39 Å². The Bertz CT molecular complexity index is 977. The molecule has 0 saturated carbocycles. The molecule has 1 fully saturated rings. The van der Waals surface area contributed by atoms with Gasteiger partial charge < -0.3 is 14.6 Å². The minimum atomic E-state index is -0.251. The number of carbonyl (C=O) groups excluding carboxylic acids is 1. The van der Waals surface area contributed by atoms with E-state index in [9.17, 15) is 9.18 Å². The highest BCUT2D eigenvalue weighted by Gasteiger charge is 2.30. The minimum Gasteiger partial charge on any atom is -0.451 e. The summed E-state index contributed by atoms with van der Waals surface area (Å²) in [4.78, 5) is 16.0. The number of para-hydroxylation sites is 1. The molecule has 1 aliphatic rings. The highest BCUT2D eigenvalue weighted by Crippen LogP contribution is 2.33. The highest BCUT2D eigenvalue weighted by atomic mass is 35.5. The summed E-state index contributed by atoms with van der Waals surface area (Å²) in [6.45, 7) is 2.42. The van der Waals surface area contributed by atoms with Crippen LogP contribution >= 0.6 is 24.2 Å². The zero-order valence-corrected chi connectivity index (χ0v) is 17.8. The molecule has 1 N–H and O–H groups in total. The number of likely N-dealkylation sites (tertiary alicyclic amines) is 1. The quantitative estimate of drug-likeness (QED) is 0.556. The largest absolute Gasteiger partial charge is 0.451 e. The van der Waals surface area contributed by atoms with Gasteiger partial charge >= 0.3 is 0 Å². The molecule has 29 heavy (non-hydrogen) atoms. The molecule has 0 spiro atoms. The van der Waals surface area contributed by atoms with Crippen LogP contribution in [0.3, 0.4) is 0 Å². The maximum absolute atomic E-state index is 13.2.